The molecule has 0 bridgehead atoms. The number of phenolic OH excluding ortho intramolecular Hbond substituents is 1. The number of aromatic hydroxyl groups is 1. The zero-order chi connectivity index (χ0) is 16.4. The maximum Gasteiger partial charge on any atom is 0.139 e. The second-order valence-corrected chi connectivity index (χ2v) is 5.07. The van der Waals surface area contributed by atoms with Crippen LogP contribution in [0.25, 0.3) is 11.0 Å². The molecule has 3 N–H and O–H groups in total. The first-order valence-electron chi connectivity index (χ1n) is 6.97. The highest BCUT2D eigenvalue weighted by molar-refractivity contribution is 6.08. The number of rotatable bonds is 4. The van der Waals surface area contributed by atoms with Crippen molar-refractivity contribution in [3.05, 3.63) is 66.4 Å². The average Bonchev–Trinajstić information content (AvgIpc) is 3.03. The number of halogens is 1. The van der Waals surface area contributed by atoms with E-state index in [1.165, 1.54) is 12.1 Å². The van der Waals surface area contributed by atoms with Crippen molar-refractivity contribution in [2.75, 3.05) is 11.9 Å². The molecule has 0 amide bonds. The maximum absolute atomic E-state index is 13.3. The Hall–Kier alpha value is -3.15. The second kappa shape index (κ2) is 5.92. The first-order chi connectivity index (χ1) is 11.1. The zero-order valence-electron chi connectivity index (χ0n) is 12.4. The van der Waals surface area contributed by atoms with Gasteiger partial charge in [0, 0.05) is 36.6 Å². The molecule has 0 saturated heterocycles. The van der Waals surface area contributed by atoms with Gasteiger partial charge in [0.25, 0.3) is 0 Å². The van der Waals surface area contributed by atoms with Crippen LogP contribution >= 0.6 is 0 Å². The molecule has 3 rings (SSSR count). The normalized spacial score (nSPS) is 11.2. The van der Waals surface area contributed by atoms with Gasteiger partial charge in [-0.3, -0.25) is 0 Å². The summed E-state index contributed by atoms with van der Waals surface area (Å²) in [6, 6.07) is 7.32. The number of hydrogen-bond acceptors (Lipinski definition) is 4. The number of allylic oxidation sites excluding steroid dienone is 1. The zero-order valence-corrected chi connectivity index (χ0v) is 12.4. The van der Waals surface area contributed by atoms with Crippen LogP contribution in [-0.4, -0.2) is 27.8 Å². The SMILES string of the molecule is CN(/C=C\C(=N)c1cc(F)ccc1O)c1ccnc2[nH]ccc12. The minimum atomic E-state index is -0.493. The summed E-state index contributed by atoms with van der Waals surface area (Å²) in [6.07, 6.45) is 6.70. The quantitative estimate of drug-likeness (QED) is 0.646. The molecule has 0 radical (unpaired) electrons. The van der Waals surface area contributed by atoms with Gasteiger partial charge < -0.3 is 20.4 Å². The van der Waals surface area contributed by atoms with Gasteiger partial charge >= 0.3 is 0 Å². The Morgan fingerprint density at radius 2 is 2.17 bits per heavy atom. The molecule has 5 nitrogen and oxygen atoms in total. The molecular weight excluding hydrogens is 295 g/mol. The topological polar surface area (TPSA) is 76.0 Å². The van der Waals surface area contributed by atoms with Gasteiger partial charge in [-0.25, -0.2) is 9.37 Å². The molecule has 0 aliphatic carbocycles. The first-order valence-corrected chi connectivity index (χ1v) is 6.97. The van der Waals surface area contributed by atoms with Crippen molar-refractivity contribution >= 4 is 22.4 Å². The van der Waals surface area contributed by atoms with Crippen LogP contribution in [-0.2, 0) is 0 Å². The summed E-state index contributed by atoms with van der Waals surface area (Å²) < 4.78 is 13.3. The van der Waals surface area contributed by atoms with E-state index >= 15 is 0 Å². The third-order valence-electron chi connectivity index (χ3n) is 3.53. The Morgan fingerprint density at radius 1 is 1.35 bits per heavy atom. The van der Waals surface area contributed by atoms with Crippen molar-refractivity contribution in [3.63, 3.8) is 0 Å². The van der Waals surface area contributed by atoms with Crippen LogP contribution in [0.3, 0.4) is 0 Å². The molecule has 3 aromatic rings. The molecular formula is C17H15FN4O. The summed E-state index contributed by atoms with van der Waals surface area (Å²) in [4.78, 5) is 9.10. The monoisotopic (exact) mass is 310 g/mol. The van der Waals surface area contributed by atoms with Crippen molar-refractivity contribution < 1.29 is 9.50 Å². The highest BCUT2D eigenvalue weighted by Crippen LogP contribution is 2.24. The van der Waals surface area contributed by atoms with Gasteiger partial charge in [-0.2, -0.15) is 0 Å². The number of H-pyrrole nitrogens is 1. The van der Waals surface area contributed by atoms with E-state index in [1.807, 2.05) is 30.3 Å². The maximum atomic E-state index is 13.3. The number of benzene rings is 1. The van der Waals surface area contributed by atoms with E-state index in [4.69, 9.17) is 5.41 Å². The predicted octanol–water partition coefficient (Wildman–Crippen LogP) is 3.43. The third kappa shape index (κ3) is 2.91. The van der Waals surface area contributed by atoms with Crippen LogP contribution in [0.15, 0.2) is 55.0 Å². The highest BCUT2D eigenvalue weighted by Gasteiger charge is 2.08. The Labute approximate surface area is 132 Å². The number of phenols is 1. The molecule has 2 heterocycles. The summed E-state index contributed by atoms with van der Waals surface area (Å²) in [6.45, 7) is 0. The Balaban J connectivity index is 1.86. The summed E-state index contributed by atoms with van der Waals surface area (Å²) in [7, 11) is 1.84. The van der Waals surface area contributed by atoms with Crippen LogP contribution in [0.1, 0.15) is 5.56 Å². The molecule has 23 heavy (non-hydrogen) atoms. The molecule has 0 fully saturated rings. The predicted molar refractivity (Wildman–Crippen MR) is 88.5 cm³/mol. The van der Waals surface area contributed by atoms with E-state index in [1.54, 1.807) is 12.4 Å². The number of anilines is 1. The Kier molecular flexibility index (Phi) is 3.80. The minimum Gasteiger partial charge on any atom is -0.507 e. The third-order valence-corrected chi connectivity index (χ3v) is 3.53. The van der Waals surface area contributed by atoms with Crippen molar-refractivity contribution in [2.45, 2.75) is 0 Å². The minimum absolute atomic E-state index is 0.0215. The van der Waals surface area contributed by atoms with Gasteiger partial charge in [-0.15, -0.1) is 0 Å². The molecule has 0 spiro atoms. The lowest BCUT2D eigenvalue weighted by Gasteiger charge is -2.15. The van der Waals surface area contributed by atoms with Gasteiger partial charge in [-0.05, 0) is 36.4 Å². The number of aromatic nitrogens is 2. The Bertz CT molecular complexity index is 900. The molecule has 2 aromatic heterocycles. The van der Waals surface area contributed by atoms with Crippen LogP contribution < -0.4 is 4.90 Å². The fourth-order valence-electron chi connectivity index (χ4n) is 2.33. The number of hydrogen-bond donors (Lipinski definition) is 3. The number of pyridine rings is 1. The van der Waals surface area contributed by atoms with Crippen LogP contribution in [0.5, 0.6) is 5.75 Å². The fourth-order valence-corrected chi connectivity index (χ4v) is 2.33. The second-order valence-electron chi connectivity index (χ2n) is 5.07. The van der Waals surface area contributed by atoms with Crippen LogP contribution in [0.4, 0.5) is 10.1 Å². The van der Waals surface area contributed by atoms with Crippen LogP contribution in [0, 0.1) is 11.2 Å². The van der Waals surface area contributed by atoms with Gasteiger partial charge in [0.1, 0.15) is 17.2 Å². The van der Waals surface area contributed by atoms with E-state index in [-0.39, 0.29) is 17.0 Å². The van der Waals surface area contributed by atoms with E-state index in [9.17, 15) is 9.50 Å². The van der Waals surface area contributed by atoms with E-state index in [0.717, 1.165) is 28.9 Å². The van der Waals surface area contributed by atoms with E-state index in [2.05, 4.69) is 9.97 Å². The fraction of sp³-hybridized carbons (Fsp3) is 0.0588. The van der Waals surface area contributed by atoms with Gasteiger partial charge in [0.2, 0.25) is 0 Å². The van der Waals surface area contributed by atoms with Crippen LogP contribution in [0.2, 0.25) is 0 Å². The lowest BCUT2D eigenvalue weighted by Crippen LogP contribution is -2.09. The summed E-state index contributed by atoms with van der Waals surface area (Å²) in [5.41, 5.74) is 1.87. The number of nitrogens with zero attached hydrogens (tertiary/aromatic N) is 2. The number of nitrogens with one attached hydrogen (secondary N) is 2. The smallest absolute Gasteiger partial charge is 0.139 e. The summed E-state index contributed by atoms with van der Waals surface area (Å²) in [5, 5.41) is 18.7. The lowest BCUT2D eigenvalue weighted by atomic mass is 10.1. The average molecular weight is 310 g/mol. The lowest BCUT2D eigenvalue weighted by molar-refractivity contribution is 0.472. The van der Waals surface area contributed by atoms with Crippen molar-refractivity contribution in [1.29, 1.82) is 5.41 Å². The largest absolute Gasteiger partial charge is 0.507 e. The molecule has 0 unspecified atom stereocenters. The molecule has 116 valence electrons. The molecule has 0 atom stereocenters. The van der Waals surface area contributed by atoms with E-state index < -0.39 is 5.82 Å². The van der Waals surface area contributed by atoms with Gasteiger partial charge in [0.15, 0.2) is 0 Å². The van der Waals surface area contributed by atoms with E-state index in [0.29, 0.717) is 0 Å². The van der Waals surface area contributed by atoms with Gasteiger partial charge in [-0.1, -0.05) is 0 Å². The van der Waals surface area contributed by atoms with Crippen molar-refractivity contribution in [1.82, 2.24) is 9.97 Å². The highest BCUT2D eigenvalue weighted by atomic mass is 19.1. The number of fused-ring (bicyclic) bond motifs is 1. The van der Waals surface area contributed by atoms with Crippen molar-refractivity contribution in [2.24, 2.45) is 0 Å². The Morgan fingerprint density at radius 3 is 3.00 bits per heavy atom. The standard InChI is InChI=1S/C17H15FN4O/c1-22(15-5-8-21-17-12(15)4-7-20-17)9-6-14(19)13-10-11(18)2-3-16(13)23/h2-10,19,23H,1H3,(H,20,21)/b9-6-,19-14?. The summed E-state index contributed by atoms with van der Waals surface area (Å²) in [5.74, 6) is -0.617. The van der Waals surface area contributed by atoms with Gasteiger partial charge in [0.05, 0.1) is 11.4 Å². The first kappa shape index (κ1) is 14.8. The molecule has 0 aliphatic rings. The molecule has 6 heteroatoms. The van der Waals surface area contributed by atoms with Crippen molar-refractivity contribution in [3.8, 4) is 5.75 Å². The molecule has 1 aromatic carbocycles. The summed E-state index contributed by atoms with van der Waals surface area (Å²) >= 11 is 0. The molecule has 0 aliphatic heterocycles. The molecule has 0 saturated carbocycles. The number of aromatic amines is 1.